The van der Waals surface area contributed by atoms with Crippen molar-refractivity contribution in [2.45, 2.75) is 6.42 Å². The van der Waals surface area contributed by atoms with Crippen molar-refractivity contribution in [2.24, 2.45) is 0 Å². The molecule has 1 amide bonds. The number of benzene rings is 1. The van der Waals surface area contributed by atoms with Gasteiger partial charge in [0.25, 0.3) is 0 Å². The quantitative estimate of drug-likeness (QED) is 0.876. The van der Waals surface area contributed by atoms with E-state index >= 15 is 0 Å². The second-order valence-corrected chi connectivity index (χ2v) is 4.30. The maximum atomic E-state index is 13.7. The van der Waals surface area contributed by atoms with Gasteiger partial charge in [0.15, 0.2) is 0 Å². The number of carbonyl (C=O) groups excluding carboxylic acids is 1. The lowest BCUT2D eigenvalue weighted by Crippen LogP contribution is -2.33. The standard InChI is InChI=1S/C13H13FN2O3/c1-16(7-12(18)19)11(17)5-8-6-15-10-4-2-3-9(14)13(8)10/h2-4,6,15H,5,7H2,1H3,(H,18,19). The van der Waals surface area contributed by atoms with E-state index < -0.39 is 11.8 Å². The van der Waals surface area contributed by atoms with Gasteiger partial charge in [-0.05, 0) is 17.7 Å². The first-order chi connectivity index (χ1) is 8.99. The molecule has 0 radical (unpaired) electrons. The van der Waals surface area contributed by atoms with Crippen LogP contribution in [-0.4, -0.2) is 40.5 Å². The lowest BCUT2D eigenvalue weighted by Gasteiger charge is -2.14. The second-order valence-electron chi connectivity index (χ2n) is 4.30. The Balaban J connectivity index is 2.22. The zero-order valence-electron chi connectivity index (χ0n) is 10.3. The SMILES string of the molecule is CN(CC(=O)O)C(=O)Cc1c[nH]c2cccc(F)c12. The number of nitrogens with zero attached hydrogens (tertiary/aromatic N) is 1. The number of aromatic amines is 1. The van der Waals surface area contributed by atoms with Crippen LogP contribution in [0.25, 0.3) is 10.9 Å². The molecule has 0 saturated carbocycles. The third-order valence-electron chi connectivity index (χ3n) is 2.88. The molecule has 0 aliphatic rings. The van der Waals surface area contributed by atoms with Crippen LogP contribution in [0.15, 0.2) is 24.4 Å². The van der Waals surface area contributed by atoms with Crippen molar-refractivity contribution in [2.75, 3.05) is 13.6 Å². The van der Waals surface area contributed by atoms with Gasteiger partial charge in [0.1, 0.15) is 12.4 Å². The number of rotatable bonds is 4. The third kappa shape index (κ3) is 2.73. The van der Waals surface area contributed by atoms with Gasteiger partial charge in [-0.3, -0.25) is 9.59 Å². The minimum atomic E-state index is -1.08. The van der Waals surface area contributed by atoms with E-state index in [0.29, 0.717) is 16.5 Å². The monoisotopic (exact) mass is 264 g/mol. The summed E-state index contributed by atoms with van der Waals surface area (Å²) in [6.45, 7) is -0.371. The fraction of sp³-hybridized carbons (Fsp3) is 0.231. The summed E-state index contributed by atoms with van der Waals surface area (Å²) in [7, 11) is 1.40. The van der Waals surface area contributed by atoms with E-state index in [-0.39, 0.29) is 18.9 Å². The van der Waals surface area contributed by atoms with Crippen LogP contribution in [0.3, 0.4) is 0 Å². The van der Waals surface area contributed by atoms with Crippen molar-refractivity contribution in [3.63, 3.8) is 0 Å². The highest BCUT2D eigenvalue weighted by Crippen LogP contribution is 2.22. The van der Waals surface area contributed by atoms with Gasteiger partial charge >= 0.3 is 5.97 Å². The predicted molar refractivity (Wildman–Crippen MR) is 67.2 cm³/mol. The van der Waals surface area contributed by atoms with E-state index in [1.54, 1.807) is 18.3 Å². The van der Waals surface area contributed by atoms with Gasteiger partial charge < -0.3 is 15.0 Å². The molecule has 2 rings (SSSR count). The molecule has 0 bridgehead atoms. The average molecular weight is 264 g/mol. The molecule has 6 heteroatoms. The molecule has 5 nitrogen and oxygen atoms in total. The average Bonchev–Trinajstić information content (AvgIpc) is 2.73. The van der Waals surface area contributed by atoms with Crippen LogP contribution in [0.4, 0.5) is 4.39 Å². The van der Waals surface area contributed by atoms with Crippen LogP contribution in [0.2, 0.25) is 0 Å². The Morgan fingerprint density at radius 1 is 1.42 bits per heavy atom. The number of amides is 1. The number of fused-ring (bicyclic) bond motifs is 1. The normalized spacial score (nSPS) is 10.6. The number of carboxylic acid groups (broad SMARTS) is 1. The van der Waals surface area contributed by atoms with E-state index in [9.17, 15) is 14.0 Å². The molecule has 0 saturated heterocycles. The molecule has 0 aliphatic heterocycles. The number of hydrogen-bond donors (Lipinski definition) is 2. The smallest absolute Gasteiger partial charge is 0.323 e. The number of aliphatic carboxylic acids is 1. The molecule has 0 spiro atoms. The number of likely N-dealkylation sites (N-methyl/N-ethyl adjacent to an activating group) is 1. The number of H-pyrrole nitrogens is 1. The fourth-order valence-corrected chi connectivity index (χ4v) is 1.94. The molecular formula is C13H13FN2O3. The number of hydrogen-bond acceptors (Lipinski definition) is 2. The summed E-state index contributed by atoms with van der Waals surface area (Å²) in [4.78, 5) is 26.3. The van der Waals surface area contributed by atoms with Crippen LogP contribution >= 0.6 is 0 Å². The highest BCUT2D eigenvalue weighted by Gasteiger charge is 2.16. The van der Waals surface area contributed by atoms with Gasteiger partial charge in [-0.1, -0.05) is 6.07 Å². The van der Waals surface area contributed by atoms with Crippen LogP contribution in [0.5, 0.6) is 0 Å². The Labute approximate surface area is 108 Å². The molecule has 1 aromatic carbocycles. The molecule has 1 heterocycles. The van der Waals surface area contributed by atoms with E-state index in [0.717, 1.165) is 4.90 Å². The third-order valence-corrected chi connectivity index (χ3v) is 2.88. The largest absolute Gasteiger partial charge is 0.480 e. The summed E-state index contributed by atoms with van der Waals surface area (Å²) in [5.41, 5.74) is 1.14. The van der Waals surface area contributed by atoms with Gasteiger partial charge in [0.05, 0.1) is 6.42 Å². The zero-order valence-corrected chi connectivity index (χ0v) is 10.3. The summed E-state index contributed by atoms with van der Waals surface area (Å²) < 4.78 is 13.7. The minimum Gasteiger partial charge on any atom is -0.480 e. The highest BCUT2D eigenvalue weighted by atomic mass is 19.1. The van der Waals surface area contributed by atoms with E-state index in [2.05, 4.69) is 4.98 Å². The van der Waals surface area contributed by atoms with Crippen LogP contribution in [0.1, 0.15) is 5.56 Å². The van der Waals surface area contributed by atoms with Crippen molar-refractivity contribution in [1.29, 1.82) is 0 Å². The number of nitrogens with one attached hydrogen (secondary N) is 1. The molecule has 2 aromatic rings. The summed E-state index contributed by atoms with van der Waals surface area (Å²) in [5, 5.41) is 8.99. The predicted octanol–water partition coefficient (Wildman–Crippen LogP) is 1.39. The first-order valence-corrected chi connectivity index (χ1v) is 5.69. The van der Waals surface area contributed by atoms with Crippen molar-refractivity contribution in [1.82, 2.24) is 9.88 Å². The molecule has 0 fully saturated rings. The highest BCUT2D eigenvalue weighted by molar-refractivity contribution is 5.90. The molecule has 0 unspecified atom stereocenters. The molecular weight excluding hydrogens is 251 g/mol. The maximum absolute atomic E-state index is 13.7. The van der Waals surface area contributed by atoms with Crippen molar-refractivity contribution in [3.05, 3.63) is 35.8 Å². The Morgan fingerprint density at radius 3 is 2.84 bits per heavy atom. The minimum absolute atomic E-state index is 0.0370. The summed E-state index contributed by atoms with van der Waals surface area (Å²) >= 11 is 0. The summed E-state index contributed by atoms with van der Waals surface area (Å²) in [6, 6.07) is 4.62. The molecule has 2 N–H and O–H groups in total. The molecule has 0 aliphatic carbocycles. The van der Waals surface area contributed by atoms with Gasteiger partial charge in [0, 0.05) is 24.1 Å². The van der Waals surface area contributed by atoms with Gasteiger partial charge in [0.2, 0.25) is 5.91 Å². The van der Waals surface area contributed by atoms with Crippen LogP contribution in [-0.2, 0) is 16.0 Å². The Kier molecular flexibility index (Phi) is 3.50. The number of halogens is 1. The van der Waals surface area contributed by atoms with E-state index in [4.69, 9.17) is 5.11 Å². The summed E-state index contributed by atoms with van der Waals surface area (Å²) in [6.07, 6.45) is 1.53. The number of carboxylic acids is 1. The van der Waals surface area contributed by atoms with Gasteiger partial charge in [-0.15, -0.1) is 0 Å². The Morgan fingerprint density at radius 2 is 2.16 bits per heavy atom. The summed E-state index contributed by atoms with van der Waals surface area (Å²) in [5.74, 6) is -1.85. The molecule has 100 valence electrons. The zero-order chi connectivity index (χ0) is 14.0. The lowest BCUT2D eigenvalue weighted by molar-refractivity contribution is -0.143. The lowest BCUT2D eigenvalue weighted by atomic mass is 10.1. The first kappa shape index (κ1) is 13.1. The van der Waals surface area contributed by atoms with Crippen LogP contribution < -0.4 is 0 Å². The maximum Gasteiger partial charge on any atom is 0.323 e. The number of aromatic nitrogens is 1. The van der Waals surface area contributed by atoms with Crippen LogP contribution in [0, 0.1) is 5.82 Å². The van der Waals surface area contributed by atoms with Crippen molar-refractivity contribution < 1.29 is 19.1 Å². The fourth-order valence-electron chi connectivity index (χ4n) is 1.94. The first-order valence-electron chi connectivity index (χ1n) is 5.69. The van der Waals surface area contributed by atoms with Gasteiger partial charge in [-0.25, -0.2) is 4.39 Å². The molecule has 0 atom stereocenters. The van der Waals surface area contributed by atoms with Gasteiger partial charge in [-0.2, -0.15) is 0 Å². The Bertz CT molecular complexity index is 636. The van der Waals surface area contributed by atoms with E-state index in [1.165, 1.54) is 13.1 Å². The topological polar surface area (TPSA) is 73.4 Å². The number of carbonyl (C=O) groups is 2. The van der Waals surface area contributed by atoms with E-state index in [1.807, 2.05) is 0 Å². The van der Waals surface area contributed by atoms with Crippen molar-refractivity contribution >= 4 is 22.8 Å². The molecule has 19 heavy (non-hydrogen) atoms. The molecule has 1 aromatic heterocycles. The second kappa shape index (κ2) is 5.09. The van der Waals surface area contributed by atoms with Crippen molar-refractivity contribution in [3.8, 4) is 0 Å². The Hall–Kier alpha value is -2.37.